The Bertz CT molecular complexity index is 500. The third-order valence-corrected chi connectivity index (χ3v) is 2.29. The molecule has 1 aliphatic heterocycles. The van der Waals surface area contributed by atoms with Gasteiger partial charge in [0.2, 0.25) is 6.79 Å². The van der Waals surface area contributed by atoms with Crippen LogP contribution in [0.25, 0.3) is 6.08 Å². The zero-order chi connectivity index (χ0) is 12.3. The Morgan fingerprint density at radius 2 is 2.12 bits per heavy atom. The first-order valence-electron chi connectivity index (χ1n) is 5.14. The summed E-state index contributed by atoms with van der Waals surface area (Å²) in [4.78, 5) is 10.4. The van der Waals surface area contributed by atoms with Crippen LogP contribution in [-0.2, 0) is 4.79 Å². The molecule has 0 saturated carbocycles. The quantitative estimate of drug-likeness (QED) is 0.642. The number of hydrogen-bond acceptors (Lipinski definition) is 3. The van der Waals surface area contributed by atoms with E-state index in [1.165, 1.54) is 0 Å². The van der Waals surface area contributed by atoms with Crippen LogP contribution in [0.4, 0.5) is 0 Å². The van der Waals surface area contributed by atoms with Crippen LogP contribution in [0.5, 0.6) is 11.5 Å². The van der Waals surface area contributed by atoms with Gasteiger partial charge in [0.15, 0.2) is 11.5 Å². The predicted octanol–water partition coefficient (Wildman–Crippen LogP) is 2.46. The van der Waals surface area contributed by atoms with Gasteiger partial charge < -0.3 is 14.6 Å². The third kappa shape index (κ3) is 2.87. The van der Waals surface area contributed by atoms with Crippen LogP contribution in [0.1, 0.15) is 12.5 Å². The number of carboxylic acids is 1. The van der Waals surface area contributed by atoms with Crippen molar-refractivity contribution in [2.45, 2.75) is 6.92 Å². The fraction of sp³-hybridized carbons (Fsp3) is 0.154. The molecule has 88 valence electrons. The molecular weight excluding hydrogens is 220 g/mol. The van der Waals surface area contributed by atoms with E-state index < -0.39 is 5.97 Å². The lowest BCUT2D eigenvalue weighted by molar-refractivity contribution is -0.131. The predicted molar refractivity (Wildman–Crippen MR) is 63.0 cm³/mol. The van der Waals surface area contributed by atoms with E-state index in [1.807, 2.05) is 24.3 Å². The van der Waals surface area contributed by atoms with E-state index >= 15 is 0 Å². The molecule has 0 aliphatic carbocycles. The first kappa shape index (κ1) is 11.3. The molecule has 1 heterocycles. The molecular formula is C13H12O4. The van der Waals surface area contributed by atoms with Crippen molar-refractivity contribution in [3.8, 4) is 11.5 Å². The summed E-state index contributed by atoms with van der Waals surface area (Å²) in [6.07, 6.45) is 4.73. The van der Waals surface area contributed by atoms with Crippen molar-refractivity contribution in [3.63, 3.8) is 0 Å². The van der Waals surface area contributed by atoms with E-state index in [-0.39, 0.29) is 6.79 Å². The summed E-state index contributed by atoms with van der Waals surface area (Å²) in [6.45, 7) is 1.98. The van der Waals surface area contributed by atoms with E-state index in [2.05, 4.69) is 0 Å². The molecule has 0 aromatic heterocycles. The third-order valence-electron chi connectivity index (χ3n) is 2.29. The highest BCUT2D eigenvalue weighted by Crippen LogP contribution is 2.32. The van der Waals surface area contributed by atoms with Gasteiger partial charge in [0, 0.05) is 6.08 Å². The Hall–Kier alpha value is -2.23. The molecule has 0 atom stereocenters. The molecule has 2 rings (SSSR count). The summed E-state index contributed by atoms with van der Waals surface area (Å²) in [6, 6.07) is 5.57. The molecule has 0 amide bonds. The lowest BCUT2D eigenvalue weighted by Gasteiger charge is -1.97. The van der Waals surface area contributed by atoms with E-state index in [0.29, 0.717) is 11.3 Å². The summed E-state index contributed by atoms with van der Waals surface area (Å²) in [5.41, 5.74) is 1.61. The van der Waals surface area contributed by atoms with Crippen molar-refractivity contribution in [2.24, 2.45) is 0 Å². The van der Waals surface area contributed by atoms with Crippen molar-refractivity contribution in [3.05, 3.63) is 41.5 Å². The maximum absolute atomic E-state index is 10.4. The second-order valence-electron chi connectivity index (χ2n) is 3.67. The summed E-state index contributed by atoms with van der Waals surface area (Å²) in [5, 5.41) is 8.56. The number of fused-ring (bicyclic) bond motifs is 1. The van der Waals surface area contributed by atoms with Crippen molar-refractivity contribution >= 4 is 12.0 Å². The minimum absolute atomic E-state index is 0.250. The van der Waals surface area contributed by atoms with E-state index in [9.17, 15) is 4.79 Å². The topological polar surface area (TPSA) is 55.8 Å². The second kappa shape index (κ2) is 4.74. The Morgan fingerprint density at radius 3 is 2.88 bits per heavy atom. The Kier molecular flexibility index (Phi) is 3.14. The molecule has 1 aromatic carbocycles. The number of carboxylic acid groups (broad SMARTS) is 1. The van der Waals surface area contributed by atoms with Gasteiger partial charge in [-0.25, -0.2) is 4.79 Å². The molecule has 4 heteroatoms. The number of aliphatic carboxylic acids is 1. The van der Waals surface area contributed by atoms with Crippen LogP contribution in [0, 0.1) is 0 Å². The average molecular weight is 232 g/mol. The smallest absolute Gasteiger partial charge is 0.328 e. The Labute approximate surface area is 98.8 Å². The summed E-state index contributed by atoms with van der Waals surface area (Å²) in [5.74, 6) is 0.504. The van der Waals surface area contributed by atoms with Crippen molar-refractivity contribution in [1.29, 1.82) is 0 Å². The van der Waals surface area contributed by atoms with Gasteiger partial charge in [0.05, 0.1) is 0 Å². The Morgan fingerprint density at radius 1 is 1.35 bits per heavy atom. The van der Waals surface area contributed by atoms with Gasteiger partial charge in [-0.15, -0.1) is 0 Å². The lowest BCUT2D eigenvalue weighted by atomic mass is 10.1. The van der Waals surface area contributed by atoms with Crippen LogP contribution in [0.15, 0.2) is 35.9 Å². The van der Waals surface area contributed by atoms with Crippen LogP contribution in [0.2, 0.25) is 0 Å². The highest BCUT2D eigenvalue weighted by Gasteiger charge is 2.11. The average Bonchev–Trinajstić information content (AvgIpc) is 2.72. The van der Waals surface area contributed by atoms with Crippen LogP contribution >= 0.6 is 0 Å². The number of carbonyl (C=O) groups is 1. The van der Waals surface area contributed by atoms with Gasteiger partial charge in [-0.05, 0) is 30.2 Å². The molecule has 1 N–H and O–H groups in total. The van der Waals surface area contributed by atoms with Crippen molar-refractivity contribution in [1.82, 2.24) is 0 Å². The van der Waals surface area contributed by atoms with Crippen molar-refractivity contribution in [2.75, 3.05) is 6.79 Å². The number of allylic oxidation sites excluding steroid dienone is 2. The van der Waals surface area contributed by atoms with Gasteiger partial charge in [0.1, 0.15) is 0 Å². The standard InChI is InChI=1S/C13H12O4/c1-9(6-13(14)15)2-3-10-4-5-11-12(7-10)17-8-16-11/h2-7H,8H2,1H3,(H,14,15). The molecule has 0 fully saturated rings. The molecule has 4 nitrogen and oxygen atoms in total. The molecule has 1 aromatic rings. The largest absolute Gasteiger partial charge is 0.478 e. The highest BCUT2D eigenvalue weighted by atomic mass is 16.7. The molecule has 0 unspecified atom stereocenters. The van der Waals surface area contributed by atoms with Gasteiger partial charge in [-0.1, -0.05) is 18.2 Å². The minimum atomic E-state index is -0.946. The van der Waals surface area contributed by atoms with Crippen molar-refractivity contribution < 1.29 is 19.4 Å². The number of hydrogen-bond donors (Lipinski definition) is 1. The fourth-order valence-corrected chi connectivity index (χ4v) is 1.49. The normalized spacial score (nSPS) is 14.3. The van der Waals surface area contributed by atoms with Gasteiger partial charge in [0.25, 0.3) is 0 Å². The molecule has 0 saturated heterocycles. The zero-order valence-corrected chi connectivity index (χ0v) is 9.34. The van der Waals surface area contributed by atoms with Gasteiger partial charge in [-0.2, -0.15) is 0 Å². The maximum atomic E-state index is 10.4. The highest BCUT2D eigenvalue weighted by molar-refractivity contribution is 5.81. The van der Waals surface area contributed by atoms with Gasteiger partial charge >= 0.3 is 5.97 Å². The summed E-state index contributed by atoms with van der Waals surface area (Å²) >= 11 is 0. The number of ether oxygens (including phenoxy) is 2. The monoisotopic (exact) mass is 232 g/mol. The van der Waals surface area contributed by atoms with E-state index in [4.69, 9.17) is 14.6 Å². The Balaban J connectivity index is 2.14. The molecule has 0 bridgehead atoms. The lowest BCUT2D eigenvalue weighted by Crippen LogP contribution is -1.92. The van der Waals surface area contributed by atoms with Crippen LogP contribution < -0.4 is 9.47 Å². The fourth-order valence-electron chi connectivity index (χ4n) is 1.49. The first-order valence-corrected chi connectivity index (χ1v) is 5.14. The first-order chi connectivity index (χ1) is 8.15. The zero-order valence-electron chi connectivity index (χ0n) is 9.34. The second-order valence-corrected chi connectivity index (χ2v) is 3.67. The van der Waals surface area contributed by atoms with E-state index in [0.717, 1.165) is 17.4 Å². The number of rotatable bonds is 3. The van der Waals surface area contributed by atoms with Crippen LogP contribution in [0.3, 0.4) is 0 Å². The molecule has 1 aliphatic rings. The number of benzene rings is 1. The SMILES string of the molecule is CC(C=Cc1ccc2c(c1)OCO2)=CC(=O)O. The maximum Gasteiger partial charge on any atom is 0.328 e. The minimum Gasteiger partial charge on any atom is -0.478 e. The molecule has 17 heavy (non-hydrogen) atoms. The summed E-state index contributed by atoms with van der Waals surface area (Å²) < 4.78 is 10.4. The van der Waals surface area contributed by atoms with E-state index in [1.54, 1.807) is 13.0 Å². The van der Waals surface area contributed by atoms with Gasteiger partial charge in [-0.3, -0.25) is 0 Å². The van der Waals surface area contributed by atoms with Crippen LogP contribution in [-0.4, -0.2) is 17.9 Å². The molecule has 0 radical (unpaired) electrons. The summed E-state index contributed by atoms with van der Waals surface area (Å²) in [7, 11) is 0. The molecule has 0 spiro atoms.